The van der Waals surface area contributed by atoms with Gasteiger partial charge in [-0.2, -0.15) is 0 Å². The summed E-state index contributed by atoms with van der Waals surface area (Å²) in [6.45, 7) is 1.09. The van der Waals surface area contributed by atoms with Gasteiger partial charge in [0.05, 0.1) is 13.0 Å². The molecule has 0 atom stereocenters. The number of amides is 2. The van der Waals surface area contributed by atoms with E-state index in [1.54, 1.807) is 0 Å². The summed E-state index contributed by atoms with van der Waals surface area (Å²) >= 11 is 0. The highest BCUT2D eigenvalue weighted by Crippen LogP contribution is 2.21. The number of nitrogens with one attached hydrogen (secondary N) is 1. The first-order valence-corrected chi connectivity index (χ1v) is 10.3. The molecular formula is C25H25N3O2. The van der Waals surface area contributed by atoms with Gasteiger partial charge in [-0.25, -0.2) is 0 Å². The summed E-state index contributed by atoms with van der Waals surface area (Å²) < 4.78 is 2.04. The summed E-state index contributed by atoms with van der Waals surface area (Å²) in [6, 6.07) is 15.8. The summed E-state index contributed by atoms with van der Waals surface area (Å²) in [5.74, 6) is 6.21. The van der Waals surface area contributed by atoms with Crippen LogP contribution in [0.4, 0.5) is 5.69 Å². The van der Waals surface area contributed by atoms with Crippen LogP contribution in [0.3, 0.4) is 0 Å². The third-order valence-electron chi connectivity index (χ3n) is 5.44. The molecule has 0 aliphatic carbocycles. The van der Waals surface area contributed by atoms with E-state index in [0.29, 0.717) is 19.4 Å². The molecule has 3 aromatic rings. The highest BCUT2D eigenvalue weighted by Gasteiger charge is 2.19. The molecule has 2 aromatic carbocycles. The molecule has 30 heavy (non-hydrogen) atoms. The van der Waals surface area contributed by atoms with Gasteiger partial charge in [-0.1, -0.05) is 30.0 Å². The van der Waals surface area contributed by atoms with Gasteiger partial charge < -0.3 is 14.8 Å². The van der Waals surface area contributed by atoms with Crippen molar-refractivity contribution in [1.29, 1.82) is 0 Å². The van der Waals surface area contributed by atoms with Crippen LogP contribution in [-0.2, 0) is 23.1 Å². The van der Waals surface area contributed by atoms with Gasteiger partial charge in [0.25, 0.3) is 0 Å². The van der Waals surface area contributed by atoms with Crippen LogP contribution in [0, 0.1) is 11.8 Å². The molecule has 1 aliphatic rings. The first-order valence-electron chi connectivity index (χ1n) is 10.3. The van der Waals surface area contributed by atoms with Crippen molar-refractivity contribution >= 4 is 28.4 Å². The van der Waals surface area contributed by atoms with E-state index >= 15 is 0 Å². The Morgan fingerprint density at radius 1 is 1.10 bits per heavy atom. The molecule has 0 saturated carbocycles. The van der Waals surface area contributed by atoms with Crippen LogP contribution in [0.2, 0.25) is 0 Å². The lowest BCUT2D eigenvalue weighted by molar-refractivity contribution is -0.120. The molecule has 2 heterocycles. The summed E-state index contributed by atoms with van der Waals surface area (Å²) in [4.78, 5) is 26.2. The predicted octanol–water partition coefficient (Wildman–Crippen LogP) is 3.41. The SMILES string of the molecule is Cn1cc(CC(=O)NCC#Cc2ccc(N3CCCCC3=O)cc2)c2ccccc21. The molecule has 152 valence electrons. The molecular weight excluding hydrogens is 374 g/mol. The summed E-state index contributed by atoms with van der Waals surface area (Å²) in [5, 5.41) is 3.97. The van der Waals surface area contributed by atoms with Crippen molar-refractivity contribution in [2.24, 2.45) is 7.05 Å². The number of hydrogen-bond acceptors (Lipinski definition) is 2. The molecule has 1 saturated heterocycles. The monoisotopic (exact) mass is 399 g/mol. The summed E-state index contributed by atoms with van der Waals surface area (Å²) in [6.07, 6.45) is 4.99. The van der Waals surface area contributed by atoms with Gasteiger partial charge in [0, 0.05) is 48.4 Å². The number of aromatic nitrogens is 1. The second kappa shape index (κ2) is 8.87. The zero-order chi connectivity index (χ0) is 20.9. The first kappa shape index (κ1) is 19.8. The quantitative estimate of drug-likeness (QED) is 0.684. The van der Waals surface area contributed by atoms with E-state index in [0.717, 1.165) is 47.1 Å². The van der Waals surface area contributed by atoms with Gasteiger partial charge in [-0.3, -0.25) is 9.59 Å². The molecule has 1 aromatic heterocycles. The van der Waals surface area contributed by atoms with Gasteiger partial charge in [0.1, 0.15) is 0 Å². The minimum atomic E-state index is -0.0420. The molecule has 0 unspecified atom stereocenters. The average molecular weight is 399 g/mol. The third kappa shape index (κ3) is 4.38. The molecule has 5 nitrogen and oxygen atoms in total. The van der Waals surface area contributed by atoms with Gasteiger partial charge in [0.15, 0.2) is 0 Å². The Bertz CT molecular complexity index is 1130. The number of aryl methyl sites for hydroxylation is 1. The second-order valence-electron chi connectivity index (χ2n) is 7.59. The van der Waals surface area contributed by atoms with Gasteiger partial charge in [0.2, 0.25) is 11.8 Å². The van der Waals surface area contributed by atoms with Gasteiger partial charge in [-0.05, 0) is 48.7 Å². The van der Waals surface area contributed by atoms with E-state index in [1.165, 1.54) is 0 Å². The van der Waals surface area contributed by atoms with Crippen molar-refractivity contribution in [2.75, 3.05) is 18.0 Å². The standard InChI is InChI=1S/C25H25N3O2/c1-27-18-20(22-8-2-3-9-23(22)27)17-24(29)26-15-6-7-19-11-13-21(14-12-19)28-16-5-4-10-25(28)30/h2-3,8-9,11-14,18H,4-5,10,15-17H2,1H3,(H,26,29). The number of fused-ring (bicyclic) bond motifs is 1. The maximum absolute atomic E-state index is 12.3. The maximum atomic E-state index is 12.3. The minimum Gasteiger partial charge on any atom is -0.350 e. The number of anilines is 1. The Morgan fingerprint density at radius 3 is 2.70 bits per heavy atom. The Hall–Kier alpha value is -3.52. The number of rotatable bonds is 4. The summed E-state index contributed by atoms with van der Waals surface area (Å²) in [5.41, 5.74) is 3.93. The highest BCUT2D eigenvalue weighted by molar-refractivity contribution is 5.94. The minimum absolute atomic E-state index is 0.0420. The van der Waals surface area contributed by atoms with Crippen LogP contribution in [0.25, 0.3) is 10.9 Å². The van der Waals surface area contributed by atoms with Crippen molar-refractivity contribution in [3.8, 4) is 11.8 Å². The Labute approximate surface area is 176 Å². The topological polar surface area (TPSA) is 54.3 Å². The highest BCUT2D eigenvalue weighted by atomic mass is 16.2. The lowest BCUT2D eigenvalue weighted by Gasteiger charge is -2.26. The molecule has 2 amide bonds. The molecule has 4 rings (SSSR count). The van der Waals surface area contributed by atoms with E-state index in [-0.39, 0.29) is 11.8 Å². The molecule has 1 N–H and O–H groups in total. The zero-order valence-corrected chi connectivity index (χ0v) is 17.1. The Balaban J connectivity index is 1.31. The fourth-order valence-corrected chi connectivity index (χ4v) is 3.89. The van der Waals surface area contributed by atoms with Crippen LogP contribution in [0.1, 0.15) is 30.4 Å². The number of para-hydroxylation sites is 1. The first-order chi connectivity index (χ1) is 14.6. The number of hydrogen-bond donors (Lipinski definition) is 1. The van der Waals surface area contributed by atoms with E-state index in [2.05, 4.69) is 23.2 Å². The number of carbonyl (C=O) groups is 2. The zero-order valence-electron chi connectivity index (χ0n) is 17.1. The van der Waals surface area contributed by atoms with Gasteiger partial charge >= 0.3 is 0 Å². The summed E-state index contributed by atoms with van der Waals surface area (Å²) in [7, 11) is 1.99. The fraction of sp³-hybridized carbons (Fsp3) is 0.280. The molecule has 1 aliphatic heterocycles. The molecule has 0 spiro atoms. The molecule has 5 heteroatoms. The van der Waals surface area contributed by atoms with Crippen molar-refractivity contribution in [3.63, 3.8) is 0 Å². The van der Waals surface area contributed by atoms with Crippen molar-refractivity contribution in [3.05, 3.63) is 65.9 Å². The number of benzene rings is 2. The normalized spacial score (nSPS) is 13.8. The average Bonchev–Trinajstić information content (AvgIpc) is 3.08. The van der Waals surface area contributed by atoms with Crippen molar-refractivity contribution < 1.29 is 9.59 Å². The molecule has 0 radical (unpaired) electrons. The number of piperidine rings is 1. The smallest absolute Gasteiger partial charge is 0.226 e. The van der Waals surface area contributed by atoms with Crippen LogP contribution in [-0.4, -0.2) is 29.5 Å². The Kier molecular flexibility index (Phi) is 5.85. The number of nitrogens with zero attached hydrogens (tertiary/aromatic N) is 2. The lowest BCUT2D eigenvalue weighted by Crippen LogP contribution is -2.35. The second-order valence-corrected chi connectivity index (χ2v) is 7.59. The maximum Gasteiger partial charge on any atom is 0.226 e. The van der Waals surface area contributed by atoms with Gasteiger partial charge in [-0.15, -0.1) is 0 Å². The van der Waals surface area contributed by atoms with E-state index in [1.807, 2.05) is 65.2 Å². The van der Waals surface area contributed by atoms with E-state index in [9.17, 15) is 9.59 Å². The molecule has 0 bridgehead atoms. The molecule has 1 fully saturated rings. The van der Waals surface area contributed by atoms with Crippen LogP contribution >= 0.6 is 0 Å². The van der Waals surface area contributed by atoms with Crippen molar-refractivity contribution in [2.45, 2.75) is 25.7 Å². The van der Waals surface area contributed by atoms with Crippen LogP contribution in [0.15, 0.2) is 54.7 Å². The predicted molar refractivity (Wildman–Crippen MR) is 119 cm³/mol. The third-order valence-corrected chi connectivity index (χ3v) is 5.44. The largest absolute Gasteiger partial charge is 0.350 e. The fourth-order valence-electron chi connectivity index (χ4n) is 3.89. The Morgan fingerprint density at radius 2 is 1.90 bits per heavy atom. The van der Waals surface area contributed by atoms with E-state index in [4.69, 9.17) is 0 Å². The van der Waals surface area contributed by atoms with Crippen LogP contribution < -0.4 is 10.2 Å². The number of carbonyl (C=O) groups excluding carboxylic acids is 2. The van der Waals surface area contributed by atoms with Crippen LogP contribution in [0.5, 0.6) is 0 Å². The lowest BCUT2D eigenvalue weighted by atomic mass is 10.1. The van der Waals surface area contributed by atoms with E-state index < -0.39 is 0 Å². The van der Waals surface area contributed by atoms with Crippen molar-refractivity contribution in [1.82, 2.24) is 9.88 Å².